The van der Waals surface area contributed by atoms with E-state index in [9.17, 15) is 15.0 Å². The Morgan fingerprint density at radius 1 is 1.34 bits per heavy atom. The SMILES string of the molecule is CC(C)OC[C@H]1O[C@@H](n2cnc3c(NC(=O)/C=C/C4CC4)ncnc32)[C@H](O)[C@@H]1O. The maximum Gasteiger partial charge on any atom is 0.249 e. The van der Waals surface area contributed by atoms with E-state index >= 15 is 0 Å². The lowest BCUT2D eigenvalue weighted by Gasteiger charge is -2.17. The fraction of sp³-hybridized carbons (Fsp3) is 0.579. The van der Waals surface area contributed by atoms with E-state index in [0.29, 0.717) is 17.1 Å². The Morgan fingerprint density at radius 3 is 2.86 bits per heavy atom. The number of aromatic nitrogens is 4. The first-order chi connectivity index (χ1) is 13.9. The molecule has 2 aliphatic rings. The first-order valence-electron chi connectivity index (χ1n) is 9.74. The number of rotatable bonds is 7. The molecule has 1 aliphatic heterocycles. The number of ether oxygens (including phenoxy) is 2. The summed E-state index contributed by atoms with van der Waals surface area (Å²) in [6.07, 6.45) is 4.50. The van der Waals surface area contributed by atoms with Gasteiger partial charge in [0.25, 0.3) is 0 Å². The van der Waals surface area contributed by atoms with Gasteiger partial charge in [-0.15, -0.1) is 0 Å². The molecule has 10 heteroatoms. The number of hydrogen-bond acceptors (Lipinski definition) is 8. The van der Waals surface area contributed by atoms with E-state index in [-0.39, 0.29) is 24.4 Å². The van der Waals surface area contributed by atoms with Gasteiger partial charge in [-0.3, -0.25) is 9.36 Å². The molecule has 4 atom stereocenters. The number of fused-ring (bicyclic) bond motifs is 1. The van der Waals surface area contributed by atoms with Crippen molar-refractivity contribution in [3.8, 4) is 0 Å². The molecule has 1 saturated carbocycles. The minimum absolute atomic E-state index is 0.0241. The summed E-state index contributed by atoms with van der Waals surface area (Å²) in [4.78, 5) is 24.7. The molecule has 3 heterocycles. The van der Waals surface area contributed by atoms with Crippen LogP contribution in [0.25, 0.3) is 11.2 Å². The van der Waals surface area contributed by atoms with Crippen molar-refractivity contribution in [1.82, 2.24) is 19.5 Å². The number of nitrogens with one attached hydrogen (secondary N) is 1. The molecule has 0 aromatic carbocycles. The van der Waals surface area contributed by atoms with Crippen LogP contribution >= 0.6 is 0 Å². The van der Waals surface area contributed by atoms with Crippen LogP contribution in [-0.2, 0) is 14.3 Å². The van der Waals surface area contributed by atoms with Crippen LogP contribution in [0.4, 0.5) is 5.82 Å². The topological polar surface area (TPSA) is 132 Å². The van der Waals surface area contributed by atoms with E-state index in [0.717, 1.165) is 12.8 Å². The standard InChI is InChI=1S/C19H25N5O5/c1-10(2)28-7-12-15(26)16(27)19(29-12)24-9-22-14-17(20-8-21-18(14)24)23-13(25)6-5-11-3-4-11/h5-6,8-12,15-16,19,26-27H,3-4,7H2,1-2H3,(H,20,21,23,25)/b6-5+/t12-,15-,16-,19-/m1/s1. The van der Waals surface area contributed by atoms with Crippen LogP contribution in [0.3, 0.4) is 0 Å². The van der Waals surface area contributed by atoms with Crippen molar-refractivity contribution in [3.05, 3.63) is 24.8 Å². The molecular weight excluding hydrogens is 378 g/mol. The van der Waals surface area contributed by atoms with Crippen LogP contribution in [0.15, 0.2) is 24.8 Å². The van der Waals surface area contributed by atoms with E-state index in [4.69, 9.17) is 9.47 Å². The summed E-state index contributed by atoms with van der Waals surface area (Å²) in [7, 11) is 0. The molecule has 0 unspecified atom stereocenters. The average molecular weight is 403 g/mol. The molecule has 2 aromatic rings. The lowest BCUT2D eigenvalue weighted by Crippen LogP contribution is -2.34. The van der Waals surface area contributed by atoms with Gasteiger partial charge in [-0.25, -0.2) is 15.0 Å². The van der Waals surface area contributed by atoms with Gasteiger partial charge in [-0.05, 0) is 38.7 Å². The molecule has 10 nitrogen and oxygen atoms in total. The summed E-state index contributed by atoms with van der Waals surface area (Å²) in [5.74, 6) is 0.474. The number of aliphatic hydroxyl groups excluding tert-OH is 2. The highest BCUT2D eigenvalue weighted by molar-refractivity contribution is 6.02. The first kappa shape index (κ1) is 19.9. The molecule has 1 amide bonds. The van der Waals surface area contributed by atoms with Crippen molar-refractivity contribution in [2.75, 3.05) is 11.9 Å². The maximum absolute atomic E-state index is 12.1. The fourth-order valence-corrected chi connectivity index (χ4v) is 3.18. The lowest BCUT2D eigenvalue weighted by molar-refractivity contribution is -0.111. The molecule has 1 aliphatic carbocycles. The highest BCUT2D eigenvalue weighted by Crippen LogP contribution is 2.33. The summed E-state index contributed by atoms with van der Waals surface area (Å²) < 4.78 is 12.8. The third-order valence-electron chi connectivity index (χ3n) is 4.95. The third kappa shape index (κ3) is 4.30. The molecule has 0 bridgehead atoms. The lowest BCUT2D eigenvalue weighted by atomic mass is 10.1. The molecule has 4 rings (SSSR count). The average Bonchev–Trinajstić information content (AvgIpc) is 3.36. The number of aliphatic hydroxyl groups is 2. The van der Waals surface area contributed by atoms with Crippen LogP contribution in [0.1, 0.15) is 32.9 Å². The number of amides is 1. The predicted molar refractivity (Wildman–Crippen MR) is 103 cm³/mol. The molecule has 29 heavy (non-hydrogen) atoms. The zero-order valence-electron chi connectivity index (χ0n) is 16.3. The molecule has 0 radical (unpaired) electrons. The zero-order valence-corrected chi connectivity index (χ0v) is 16.3. The van der Waals surface area contributed by atoms with E-state index in [1.165, 1.54) is 23.3 Å². The van der Waals surface area contributed by atoms with E-state index in [1.807, 2.05) is 19.9 Å². The van der Waals surface area contributed by atoms with Crippen molar-refractivity contribution in [2.45, 2.75) is 57.3 Å². The Hall–Kier alpha value is -2.40. The Labute approximate surface area is 167 Å². The first-order valence-corrected chi connectivity index (χ1v) is 9.74. The number of nitrogens with zero attached hydrogens (tertiary/aromatic N) is 4. The Morgan fingerprint density at radius 2 is 2.14 bits per heavy atom. The van der Waals surface area contributed by atoms with Crippen LogP contribution < -0.4 is 5.32 Å². The number of carbonyl (C=O) groups is 1. The van der Waals surface area contributed by atoms with Crippen LogP contribution in [0.5, 0.6) is 0 Å². The van der Waals surface area contributed by atoms with Crippen molar-refractivity contribution in [2.24, 2.45) is 5.92 Å². The number of carbonyl (C=O) groups excluding carboxylic acids is 1. The van der Waals surface area contributed by atoms with Crippen LogP contribution in [-0.4, -0.2) is 66.7 Å². The summed E-state index contributed by atoms with van der Waals surface area (Å²) in [5.41, 5.74) is 0.746. The summed E-state index contributed by atoms with van der Waals surface area (Å²) in [6, 6.07) is 0. The zero-order chi connectivity index (χ0) is 20.5. The highest BCUT2D eigenvalue weighted by atomic mass is 16.6. The largest absolute Gasteiger partial charge is 0.387 e. The number of hydrogen-bond donors (Lipinski definition) is 3. The van der Waals surface area contributed by atoms with E-state index < -0.39 is 24.5 Å². The normalized spacial score (nSPS) is 27.3. The maximum atomic E-state index is 12.1. The Kier molecular flexibility index (Phi) is 5.59. The molecule has 2 aromatic heterocycles. The Bertz CT molecular complexity index is 910. The summed E-state index contributed by atoms with van der Waals surface area (Å²) in [6.45, 7) is 3.92. The molecule has 3 N–H and O–H groups in total. The van der Waals surface area contributed by atoms with Gasteiger partial charge in [-0.1, -0.05) is 6.08 Å². The smallest absolute Gasteiger partial charge is 0.249 e. The second-order valence-electron chi connectivity index (χ2n) is 7.66. The van der Waals surface area contributed by atoms with Gasteiger partial charge in [0, 0.05) is 0 Å². The fourth-order valence-electron chi connectivity index (χ4n) is 3.18. The van der Waals surface area contributed by atoms with Crippen LogP contribution in [0.2, 0.25) is 0 Å². The molecule has 2 fully saturated rings. The van der Waals surface area contributed by atoms with Crippen molar-refractivity contribution < 1.29 is 24.5 Å². The van der Waals surface area contributed by atoms with Gasteiger partial charge in [0.05, 0.1) is 19.0 Å². The van der Waals surface area contributed by atoms with E-state index in [2.05, 4.69) is 20.3 Å². The van der Waals surface area contributed by atoms with Crippen LogP contribution in [0, 0.1) is 5.92 Å². The quantitative estimate of drug-likeness (QED) is 0.578. The highest BCUT2D eigenvalue weighted by Gasteiger charge is 2.44. The van der Waals surface area contributed by atoms with Gasteiger partial charge in [-0.2, -0.15) is 0 Å². The minimum atomic E-state index is -1.18. The Balaban J connectivity index is 1.53. The molecule has 0 spiro atoms. The van der Waals surface area contributed by atoms with Crippen molar-refractivity contribution in [1.29, 1.82) is 0 Å². The molecular formula is C19H25N5O5. The van der Waals surface area contributed by atoms with Gasteiger partial charge in [0.1, 0.15) is 24.6 Å². The van der Waals surface area contributed by atoms with Gasteiger partial charge in [0.15, 0.2) is 23.2 Å². The monoisotopic (exact) mass is 403 g/mol. The van der Waals surface area contributed by atoms with Gasteiger partial charge in [0.2, 0.25) is 5.91 Å². The third-order valence-corrected chi connectivity index (χ3v) is 4.95. The van der Waals surface area contributed by atoms with Crippen molar-refractivity contribution in [3.63, 3.8) is 0 Å². The summed E-state index contributed by atoms with van der Waals surface area (Å²) in [5, 5.41) is 23.5. The van der Waals surface area contributed by atoms with Gasteiger partial charge < -0.3 is 25.0 Å². The number of anilines is 1. The van der Waals surface area contributed by atoms with Crippen molar-refractivity contribution >= 4 is 22.9 Å². The van der Waals surface area contributed by atoms with Gasteiger partial charge >= 0.3 is 0 Å². The number of imidazole rings is 1. The molecule has 1 saturated heterocycles. The summed E-state index contributed by atoms with van der Waals surface area (Å²) >= 11 is 0. The second kappa shape index (κ2) is 8.15. The predicted octanol–water partition coefficient (Wildman–Crippen LogP) is 0.775. The second-order valence-corrected chi connectivity index (χ2v) is 7.66. The molecule has 156 valence electrons. The minimum Gasteiger partial charge on any atom is -0.387 e. The van der Waals surface area contributed by atoms with E-state index in [1.54, 1.807) is 0 Å². The number of allylic oxidation sites excluding steroid dienone is 1.